The van der Waals surface area contributed by atoms with E-state index in [-0.39, 0.29) is 0 Å². The number of rotatable bonds is 5. The Kier molecular flexibility index (Phi) is 6.29. The van der Waals surface area contributed by atoms with Crippen molar-refractivity contribution in [3.63, 3.8) is 0 Å². The quantitative estimate of drug-likeness (QED) is 0.440. The van der Waals surface area contributed by atoms with E-state index in [1.165, 1.54) is 5.56 Å². The molecular formula is C19H16Br2N2OS. The van der Waals surface area contributed by atoms with Crippen LogP contribution < -0.4 is 5.32 Å². The predicted octanol–water partition coefficient (Wildman–Crippen LogP) is 6.20. The maximum atomic E-state index is 5.65. The van der Waals surface area contributed by atoms with Gasteiger partial charge in [-0.2, -0.15) is 0 Å². The lowest BCUT2D eigenvalue weighted by Gasteiger charge is -2.25. The van der Waals surface area contributed by atoms with Crippen molar-refractivity contribution in [3.8, 4) is 0 Å². The molecule has 0 bridgehead atoms. The molecule has 6 heteroatoms. The minimum absolute atomic E-state index is 0.599. The standard InChI is InChI=1S/C19H16Br2N2OS/c20-15-6-8-17(9-7-15)22-19(25)23(13-18-5-2-10-24-18)12-14-3-1-4-16(21)11-14/h1-11H,12-13H2,(H,22,25). The third-order valence-corrected chi connectivity index (χ3v) is 4.95. The van der Waals surface area contributed by atoms with Gasteiger partial charge in [-0.25, -0.2) is 0 Å². The van der Waals surface area contributed by atoms with E-state index in [2.05, 4.69) is 54.2 Å². The lowest BCUT2D eigenvalue weighted by molar-refractivity contribution is 0.360. The molecule has 0 aliphatic carbocycles. The fourth-order valence-electron chi connectivity index (χ4n) is 2.38. The van der Waals surface area contributed by atoms with Crippen molar-refractivity contribution >= 4 is 54.9 Å². The SMILES string of the molecule is S=C(Nc1ccc(Br)cc1)N(Cc1cccc(Br)c1)Cc1ccco1. The molecule has 1 aromatic heterocycles. The van der Waals surface area contributed by atoms with Gasteiger partial charge in [0.25, 0.3) is 0 Å². The first kappa shape index (κ1) is 18.2. The summed E-state index contributed by atoms with van der Waals surface area (Å²) in [6, 6.07) is 20.0. The topological polar surface area (TPSA) is 28.4 Å². The smallest absolute Gasteiger partial charge is 0.174 e. The number of hydrogen-bond donors (Lipinski definition) is 1. The number of halogens is 2. The summed E-state index contributed by atoms with van der Waals surface area (Å²) in [6.45, 7) is 1.28. The van der Waals surface area contributed by atoms with Crippen LogP contribution in [0.25, 0.3) is 0 Å². The summed E-state index contributed by atoms with van der Waals surface area (Å²) >= 11 is 12.6. The van der Waals surface area contributed by atoms with Crippen molar-refractivity contribution < 1.29 is 4.42 Å². The van der Waals surface area contributed by atoms with Crippen molar-refractivity contribution in [1.82, 2.24) is 4.90 Å². The van der Waals surface area contributed by atoms with Crippen molar-refractivity contribution in [3.05, 3.63) is 87.2 Å². The molecule has 0 saturated heterocycles. The zero-order valence-electron chi connectivity index (χ0n) is 13.3. The number of furan rings is 1. The van der Waals surface area contributed by atoms with Gasteiger partial charge < -0.3 is 14.6 Å². The molecule has 3 rings (SSSR count). The van der Waals surface area contributed by atoms with E-state index in [1.54, 1.807) is 6.26 Å². The average molecular weight is 480 g/mol. The molecule has 0 spiro atoms. The van der Waals surface area contributed by atoms with Gasteiger partial charge in [-0.1, -0.05) is 44.0 Å². The van der Waals surface area contributed by atoms with Gasteiger partial charge in [-0.05, 0) is 66.3 Å². The predicted molar refractivity (Wildman–Crippen MR) is 112 cm³/mol. The van der Waals surface area contributed by atoms with Gasteiger partial charge >= 0.3 is 0 Å². The number of hydrogen-bond acceptors (Lipinski definition) is 2. The summed E-state index contributed by atoms with van der Waals surface area (Å²) in [7, 11) is 0. The van der Waals surface area contributed by atoms with Crippen LogP contribution in [0.2, 0.25) is 0 Å². The minimum Gasteiger partial charge on any atom is -0.467 e. The van der Waals surface area contributed by atoms with Crippen LogP contribution in [0.5, 0.6) is 0 Å². The zero-order valence-corrected chi connectivity index (χ0v) is 17.3. The van der Waals surface area contributed by atoms with Crippen molar-refractivity contribution in [2.45, 2.75) is 13.1 Å². The molecule has 1 N–H and O–H groups in total. The Morgan fingerprint density at radius 3 is 2.44 bits per heavy atom. The lowest BCUT2D eigenvalue weighted by atomic mass is 10.2. The normalized spacial score (nSPS) is 10.5. The van der Waals surface area contributed by atoms with Crippen LogP contribution in [-0.2, 0) is 13.1 Å². The van der Waals surface area contributed by atoms with Crippen LogP contribution in [0, 0.1) is 0 Å². The van der Waals surface area contributed by atoms with E-state index in [4.69, 9.17) is 16.6 Å². The fraction of sp³-hybridized carbons (Fsp3) is 0.105. The molecule has 0 fully saturated rings. The monoisotopic (exact) mass is 478 g/mol. The summed E-state index contributed by atoms with van der Waals surface area (Å²) in [5.41, 5.74) is 2.12. The minimum atomic E-state index is 0.599. The molecule has 0 amide bonds. The number of thiocarbonyl (C=S) groups is 1. The highest BCUT2D eigenvalue weighted by Gasteiger charge is 2.13. The molecule has 128 valence electrons. The first-order valence-electron chi connectivity index (χ1n) is 7.68. The van der Waals surface area contributed by atoms with E-state index < -0.39 is 0 Å². The molecule has 3 aromatic rings. The molecule has 0 aliphatic rings. The highest BCUT2D eigenvalue weighted by molar-refractivity contribution is 9.10. The fourth-order valence-corrected chi connectivity index (χ4v) is 3.34. The Balaban J connectivity index is 1.77. The first-order chi connectivity index (χ1) is 12.1. The van der Waals surface area contributed by atoms with E-state index in [0.717, 1.165) is 20.4 Å². The van der Waals surface area contributed by atoms with Gasteiger partial charge in [0.15, 0.2) is 5.11 Å². The maximum Gasteiger partial charge on any atom is 0.174 e. The van der Waals surface area contributed by atoms with Gasteiger partial charge in [-0.15, -0.1) is 0 Å². The van der Waals surface area contributed by atoms with Crippen LogP contribution >= 0.6 is 44.1 Å². The Labute approximate surface area is 169 Å². The van der Waals surface area contributed by atoms with Gasteiger partial charge in [-0.3, -0.25) is 0 Å². The van der Waals surface area contributed by atoms with E-state index in [0.29, 0.717) is 18.2 Å². The van der Waals surface area contributed by atoms with E-state index in [1.807, 2.05) is 48.5 Å². The number of nitrogens with zero attached hydrogens (tertiary/aromatic N) is 1. The summed E-state index contributed by atoms with van der Waals surface area (Å²) in [4.78, 5) is 2.08. The van der Waals surface area contributed by atoms with E-state index in [9.17, 15) is 0 Å². The van der Waals surface area contributed by atoms with Crippen molar-refractivity contribution in [2.75, 3.05) is 5.32 Å². The third kappa shape index (κ3) is 5.42. The highest BCUT2D eigenvalue weighted by Crippen LogP contribution is 2.18. The summed E-state index contributed by atoms with van der Waals surface area (Å²) in [6.07, 6.45) is 1.68. The first-order valence-corrected chi connectivity index (χ1v) is 9.68. The Bertz CT molecular complexity index is 835. The molecule has 25 heavy (non-hydrogen) atoms. The molecule has 0 aliphatic heterocycles. The molecule has 0 saturated carbocycles. The van der Waals surface area contributed by atoms with Gasteiger partial charge in [0.1, 0.15) is 5.76 Å². The Hall–Kier alpha value is -1.63. The summed E-state index contributed by atoms with van der Waals surface area (Å²) < 4.78 is 7.58. The van der Waals surface area contributed by atoms with Crippen LogP contribution in [0.3, 0.4) is 0 Å². The maximum absolute atomic E-state index is 5.65. The third-order valence-electron chi connectivity index (χ3n) is 3.57. The number of nitrogens with one attached hydrogen (secondary N) is 1. The largest absolute Gasteiger partial charge is 0.467 e. The molecule has 0 unspecified atom stereocenters. The zero-order chi connectivity index (χ0) is 17.6. The number of benzene rings is 2. The molecule has 1 heterocycles. The van der Waals surface area contributed by atoms with Crippen LogP contribution in [0.15, 0.2) is 80.3 Å². The second-order valence-corrected chi connectivity index (χ2v) is 7.72. The summed E-state index contributed by atoms with van der Waals surface area (Å²) in [5, 5.41) is 3.95. The van der Waals surface area contributed by atoms with E-state index >= 15 is 0 Å². The Morgan fingerprint density at radius 1 is 0.960 bits per heavy atom. The molecule has 2 aromatic carbocycles. The molecule has 0 radical (unpaired) electrons. The molecular weight excluding hydrogens is 464 g/mol. The second kappa shape index (κ2) is 8.65. The second-order valence-electron chi connectivity index (χ2n) is 5.50. The Morgan fingerprint density at radius 2 is 1.76 bits per heavy atom. The van der Waals surface area contributed by atoms with Gasteiger partial charge in [0.2, 0.25) is 0 Å². The van der Waals surface area contributed by atoms with Gasteiger partial charge in [0, 0.05) is 21.2 Å². The van der Waals surface area contributed by atoms with Crippen molar-refractivity contribution in [1.29, 1.82) is 0 Å². The van der Waals surface area contributed by atoms with Gasteiger partial charge in [0.05, 0.1) is 12.8 Å². The summed E-state index contributed by atoms with van der Waals surface area (Å²) in [5.74, 6) is 0.870. The number of anilines is 1. The van der Waals surface area contributed by atoms with Crippen molar-refractivity contribution in [2.24, 2.45) is 0 Å². The van der Waals surface area contributed by atoms with Crippen LogP contribution in [-0.4, -0.2) is 10.0 Å². The average Bonchev–Trinajstić information content (AvgIpc) is 3.09. The molecule has 3 nitrogen and oxygen atoms in total. The molecule has 0 atom stereocenters. The lowest BCUT2D eigenvalue weighted by Crippen LogP contribution is -2.33. The highest BCUT2D eigenvalue weighted by atomic mass is 79.9. The van der Waals surface area contributed by atoms with Crippen LogP contribution in [0.4, 0.5) is 5.69 Å². The van der Waals surface area contributed by atoms with Crippen LogP contribution in [0.1, 0.15) is 11.3 Å².